The van der Waals surface area contributed by atoms with Gasteiger partial charge < -0.3 is 14.9 Å². The van der Waals surface area contributed by atoms with Gasteiger partial charge in [0, 0.05) is 0 Å². The van der Waals surface area contributed by atoms with E-state index in [2.05, 4.69) is 6.92 Å². The number of carboxylic acid groups (broad SMARTS) is 1. The van der Waals surface area contributed by atoms with E-state index in [0.29, 0.717) is 6.42 Å². The highest BCUT2D eigenvalue weighted by Crippen LogP contribution is 2.45. The van der Waals surface area contributed by atoms with E-state index in [1.54, 1.807) is 0 Å². The number of carboxylic acids is 1. The minimum Gasteiger partial charge on any atom is -0.481 e. The van der Waals surface area contributed by atoms with Crippen molar-refractivity contribution >= 4 is 13.6 Å². The number of hydrogen-bond acceptors (Lipinski definition) is 2. The molecule has 0 heterocycles. The topological polar surface area (TPSA) is 94.8 Å². The van der Waals surface area contributed by atoms with Gasteiger partial charge in [-0.2, -0.15) is 0 Å². The van der Waals surface area contributed by atoms with Crippen molar-refractivity contribution in [2.45, 2.75) is 77.3 Å². The molecule has 0 rings (SSSR count). The molecule has 0 aliphatic carbocycles. The average molecular weight is 308 g/mol. The van der Waals surface area contributed by atoms with Crippen molar-refractivity contribution in [3.63, 3.8) is 0 Å². The molecule has 0 aromatic heterocycles. The third-order valence-electron chi connectivity index (χ3n) is 3.80. The summed E-state index contributed by atoms with van der Waals surface area (Å²) in [5, 5.41) is 9.06. The number of rotatable bonds is 12. The second-order valence-electron chi connectivity index (χ2n) is 5.54. The first-order valence-corrected chi connectivity index (χ1v) is 9.26. The van der Waals surface area contributed by atoms with Crippen LogP contribution >= 0.6 is 7.60 Å². The zero-order valence-electron chi connectivity index (χ0n) is 12.6. The summed E-state index contributed by atoms with van der Waals surface area (Å²) in [6, 6.07) is 0. The molecule has 0 aromatic rings. The number of aliphatic carboxylic acids is 1. The molecule has 5 nitrogen and oxygen atoms in total. The Kier molecular flexibility index (Phi) is 10.2. The van der Waals surface area contributed by atoms with Crippen LogP contribution < -0.4 is 0 Å². The zero-order chi connectivity index (χ0) is 15.6. The normalized spacial score (nSPS) is 15.0. The fraction of sp³-hybridized carbons (Fsp3) is 0.929. The number of unbranched alkanes of at least 4 members (excludes halogenated alkanes) is 7. The highest BCUT2D eigenvalue weighted by Gasteiger charge is 2.36. The first-order valence-electron chi connectivity index (χ1n) is 7.58. The SMILES string of the molecule is CCCCCCCCCCC(C(=O)O)C(C)P(=O)(O)O. The van der Waals surface area contributed by atoms with E-state index in [4.69, 9.17) is 14.9 Å². The summed E-state index contributed by atoms with van der Waals surface area (Å²) in [5.74, 6) is -2.06. The van der Waals surface area contributed by atoms with Crippen LogP contribution in [0.1, 0.15) is 71.6 Å². The minimum absolute atomic E-state index is 0.344. The van der Waals surface area contributed by atoms with E-state index < -0.39 is 25.1 Å². The van der Waals surface area contributed by atoms with Gasteiger partial charge in [0.15, 0.2) is 0 Å². The first kappa shape index (κ1) is 19.6. The molecule has 120 valence electrons. The Hall–Kier alpha value is -0.380. The summed E-state index contributed by atoms with van der Waals surface area (Å²) in [7, 11) is -4.32. The number of hydrogen-bond donors (Lipinski definition) is 3. The third-order valence-corrected chi connectivity index (χ3v) is 5.22. The van der Waals surface area contributed by atoms with Crippen LogP contribution in [0.15, 0.2) is 0 Å². The van der Waals surface area contributed by atoms with Gasteiger partial charge in [0.2, 0.25) is 0 Å². The van der Waals surface area contributed by atoms with Gasteiger partial charge in [-0.05, 0) is 6.42 Å². The van der Waals surface area contributed by atoms with E-state index in [-0.39, 0.29) is 0 Å². The molecule has 0 fully saturated rings. The lowest BCUT2D eigenvalue weighted by Crippen LogP contribution is -2.26. The molecule has 0 radical (unpaired) electrons. The van der Waals surface area contributed by atoms with Crippen molar-refractivity contribution in [1.29, 1.82) is 0 Å². The van der Waals surface area contributed by atoms with Crippen LogP contribution in [0.25, 0.3) is 0 Å². The molecule has 0 spiro atoms. The zero-order valence-corrected chi connectivity index (χ0v) is 13.5. The van der Waals surface area contributed by atoms with Crippen LogP contribution in [0.5, 0.6) is 0 Å². The minimum atomic E-state index is -4.32. The maximum atomic E-state index is 11.1. The summed E-state index contributed by atoms with van der Waals surface area (Å²) in [6.45, 7) is 3.50. The molecule has 3 N–H and O–H groups in total. The standard InChI is InChI=1S/C14H29O5P/c1-3-4-5-6-7-8-9-10-11-13(14(15)16)12(2)20(17,18)19/h12-13H,3-11H2,1-2H3,(H,15,16)(H2,17,18,19). The smallest absolute Gasteiger partial charge is 0.329 e. The number of carbonyl (C=O) groups is 1. The largest absolute Gasteiger partial charge is 0.481 e. The highest BCUT2D eigenvalue weighted by atomic mass is 31.2. The van der Waals surface area contributed by atoms with Gasteiger partial charge in [0.25, 0.3) is 0 Å². The van der Waals surface area contributed by atoms with Crippen LogP contribution in [-0.4, -0.2) is 26.5 Å². The van der Waals surface area contributed by atoms with Crippen LogP contribution in [0, 0.1) is 5.92 Å². The molecule has 20 heavy (non-hydrogen) atoms. The monoisotopic (exact) mass is 308 g/mol. The molecule has 0 saturated heterocycles. The predicted molar refractivity (Wildman–Crippen MR) is 79.9 cm³/mol. The Morgan fingerprint density at radius 1 is 1.00 bits per heavy atom. The van der Waals surface area contributed by atoms with E-state index in [1.165, 1.54) is 32.6 Å². The summed E-state index contributed by atoms with van der Waals surface area (Å²) in [5.41, 5.74) is -1.11. The van der Waals surface area contributed by atoms with Gasteiger partial charge >= 0.3 is 13.6 Å². The molecular weight excluding hydrogens is 279 g/mol. The van der Waals surface area contributed by atoms with Gasteiger partial charge in [0.05, 0.1) is 11.6 Å². The van der Waals surface area contributed by atoms with E-state index in [1.807, 2.05) is 0 Å². The van der Waals surface area contributed by atoms with Crippen LogP contribution in [0.4, 0.5) is 0 Å². The van der Waals surface area contributed by atoms with Gasteiger partial charge in [-0.25, -0.2) is 0 Å². The average Bonchev–Trinajstić information content (AvgIpc) is 2.34. The van der Waals surface area contributed by atoms with Gasteiger partial charge in [-0.3, -0.25) is 9.36 Å². The lowest BCUT2D eigenvalue weighted by atomic mass is 9.97. The molecule has 2 atom stereocenters. The fourth-order valence-corrected chi connectivity index (χ4v) is 3.05. The summed E-state index contributed by atoms with van der Waals surface area (Å²) < 4.78 is 11.1. The molecule has 0 saturated carbocycles. The molecule has 0 aliphatic heterocycles. The highest BCUT2D eigenvalue weighted by molar-refractivity contribution is 7.52. The van der Waals surface area contributed by atoms with Crippen LogP contribution in [0.2, 0.25) is 0 Å². The van der Waals surface area contributed by atoms with Gasteiger partial charge in [-0.15, -0.1) is 0 Å². The Labute approximate surface area is 121 Å². The lowest BCUT2D eigenvalue weighted by Gasteiger charge is -2.20. The molecule has 0 bridgehead atoms. The second kappa shape index (κ2) is 10.4. The van der Waals surface area contributed by atoms with Gasteiger partial charge in [-0.1, -0.05) is 65.2 Å². The predicted octanol–water partition coefficient (Wildman–Crippen LogP) is 3.78. The molecule has 0 aromatic carbocycles. The fourth-order valence-electron chi connectivity index (χ4n) is 2.30. The van der Waals surface area contributed by atoms with Crippen molar-refractivity contribution in [3.8, 4) is 0 Å². The molecular formula is C14H29O5P. The van der Waals surface area contributed by atoms with Crippen LogP contribution in [0.3, 0.4) is 0 Å². The Bertz CT molecular complexity index is 313. The second-order valence-corrected chi connectivity index (χ2v) is 7.53. The van der Waals surface area contributed by atoms with E-state index in [9.17, 15) is 9.36 Å². The molecule has 6 heteroatoms. The Morgan fingerprint density at radius 3 is 1.85 bits per heavy atom. The molecule has 0 amide bonds. The van der Waals surface area contributed by atoms with Crippen LogP contribution in [-0.2, 0) is 9.36 Å². The maximum absolute atomic E-state index is 11.1. The summed E-state index contributed by atoms with van der Waals surface area (Å²) >= 11 is 0. The third kappa shape index (κ3) is 8.72. The summed E-state index contributed by atoms with van der Waals surface area (Å²) in [4.78, 5) is 29.2. The Balaban J connectivity index is 3.89. The van der Waals surface area contributed by atoms with Crippen molar-refractivity contribution < 1.29 is 24.3 Å². The molecule has 0 aliphatic rings. The van der Waals surface area contributed by atoms with Crippen molar-refractivity contribution in [3.05, 3.63) is 0 Å². The van der Waals surface area contributed by atoms with Crippen molar-refractivity contribution in [2.75, 3.05) is 0 Å². The van der Waals surface area contributed by atoms with Crippen molar-refractivity contribution in [2.24, 2.45) is 5.92 Å². The summed E-state index contributed by atoms with van der Waals surface area (Å²) in [6.07, 6.45) is 9.18. The van der Waals surface area contributed by atoms with E-state index in [0.717, 1.165) is 25.7 Å². The lowest BCUT2D eigenvalue weighted by molar-refractivity contribution is -0.142. The Morgan fingerprint density at radius 2 is 1.45 bits per heavy atom. The molecule has 2 unspecified atom stereocenters. The first-order chi connectivity index (χ1) is 9.30. The van der Waals surface area contributed by atoms with E-state index >= 15 is 0 Å². The van der Waals surface area contributed by atoms with Crippen molar-refractivity contribution in [1.82, 2.24) is 0 Å². The van der Waals surface area contributed by atoms with Gasteiger partial charge in [0.1, 0.15) is 0 Å². The quantitative estimate of drug-likeness (QED) is 0.377. The maximum Gasteiger partial charge on any atom is 0.329 e.